The van der Waals surface area contributed by atoms with Crippen molar-refractivity contribution in [1.82, 2.24) is 10.2 Å². The Hall–Kier alpha value is -2.93. The largest absolute Gasteiger partial charge is 0.358 e. The average Bonchev–Trinajstić information content (AvgIpc) is 3.36. The van der Waals surface area contributed by atoms with E-state index in [1.165, 1.54) is 0 Å². The summed E-state index contributed by atoms with van der Waals surface area (Å²) in [6.07, 6.45) is 3.19. The molecule has 0 spiro atoms. The lowest BCUT2D eigenvalue weighted by atomic mass is 10.1. The zero-order chi connectivity index (χ0) is 20.9. The Morgan fingerprint density at radius 2 is 1.53 bits per heavy atom. The van der Waals surface area contributed by atoms with E-state index in [1.807, 2.05) is 34.1 Å². The van der Waals surface area contributed by atoms with Crippen molar-refractivity contribution in [2.24, 2.45) is 0 Å². The minimum absolute atomic E-state index is 0.186. The Labute approximate surface area is 182 Å². The molecule has 2 aromatic carbocycles. The van der Waals surface area contributed by atoms with Crippen LogP contribution in [-0.4, -0.2) is 34.9 Å². The molecule has 2 amide bonds. The van der Waals surface area contributed by atoms with Gasteiger partial charge in [0, 0.05) is 50.4 Å². The molecular formula is C23H26N4O2S. The summed E-state index contributed by atoms with van der Waals surface area (Å²) in [6.45, 7) is 2.96. The van der Waals surface area contributed by atoms with Crippen molar-refractivity contribution >= 4 is 40.5 Å². The van der Waals surface area contributed by atoms with Gasteiger partial charge in [-0.05, 0) is 60.5 Å². The Morgan fingerprint density at radius 3 is 2.17 bits per heavy atom. The Kier molecular flexibility index (Phi) is 6.28. The third-order valence-corrected chi connectivity index (χ3v) is 5.78. The summed E-state index contributed by atoms with van der Waals surface area (Å²) in [7, 11) is 0. The molecule has 2 saturated heterocycles. The molecule has 0 radical (unpaired) electrons. The van der Waals surface area contributed by atoms with Crippen molar-refractivity contribution in [2.75, 3.05) is 23.3 Å². The van der Waals surface area contributed by atoms with Crippen LogP contribution in [0, 0.1) is 0 Å². The first-order chi connectivity index (χ1) is 14.6. The topological polar surface area (TPSA) is 64.7 Å². The first-order valence-electron chi connectivity index (χ1n) is 10.4. The SMILES string of the molecule is O=C1CCCN1Cc1ccc(CNC(=S)Nc2ccc(N3CCCC3=O)cc2)cc1. The van der Waals surface area contributed by atoms with Crippen LogP contribution in [0.1, 0.15) is 36.8 Å². The quantitative estimate of drug-likeness (QED) is 0.699. The fraction of sp³-hybridized carbons (Fsp3) is 0.348. The summed E-state index contributed by atoms with van der Waals surface area (Å²) in [4.78, 5) is 27.3. The van der Waals surface area contributed by atoms with Gasteiger partial charge in [0.1, 0.15) is 0 Å². The number of anilines is 2. The van der Waals surface area contributed by atoms with Gasteiger partial charge >= 0.3 is 0 Å². The lowest BCUT2D eigenvalue weighted by molar-refractivity contribution is -0.128. The van der Waals surface area contributed by atoms with Crippen LogP contribution in [0.3, 0.4) is 0 Å². The molecular weight excluding hydrogens is 396 g/mol. The lowest BCUT2D eigenvalue weighted by Gasteiger charge is -2.17. The van der Waals surface area contributed by atoms with Crippen LogP contribution < -0.4 is 15.5 Å². The number of amides is 2. The fourth-order valence-electron chi connectivity index (χ4n) is 3.86. The van der Waals surface area contributed by atoms with E-state index in [2.05, 4.69) is 34.9 Å². The second-order valence-electron chi connectivity index (χ2n) is 7.74. The smallest absolute Gasteiger partial charge is 0.227 e. The standard InChI is InChI=1S/C23H26N4O2S/c28-21-3-1-13-26(21)16-18-7-5-17(6-8-18)15-24-23(30)25-19-9-11-20(12-10-19)27-14-2-4-22(27)29/h5-12H,1-4,13-16H2,(H2,24,25,30). The monoisotopic (exact) mass is 422 g/mol. The van der Waals surface area contributed by atoms with E-state index in [0.717, 1.165) is 48.4 Å². The average molecular weight is 423 g/mol. The molecule has 2 fully saturated rings. The van der Waals surface area contributed by atoms with Crippen LogP contribution in [0.25, 0.3) is 0 Å². The van der Waals surface area contributed by atoms with Crippen molar-refractivity contribution in [3.63, 3.8) is 0 Å². The van der Waals surface area contributed by atoms with Crippen LogP contribution in [0.2, 0.25) is 0 Å². The third kappa shape index (κ3) is 4.97. The Bertz CT molecular complexity index is 927. The summed E-state index contributed by atoms with van der Waals surface area (Å²) < 4.78 is 0. The summed E-state index contributed by atoms with van der Waals surface area (Å²) in [5.74, 6) is 0.433. The van der Waals surface area contributed by atoms with Gasteiger partial charge in [-0.2, -0.15) is 0 Å². The van der Waals surface area contributed by atoms with Gasteiger partial charge in [0.25, 0.3) is 0 Å². The molecule has 6 nitrogen and oxygen atoms in total. The molecule has 0 unspecified atom stereocenters. The van der Waals surface area contributed by atoms with Gasteiger partial charge < -0.3 is 20.4 Å². The molecule has 0 bridgehead atoms. The molecule has 2 N–H and O–H groups in total. The summed E-state index contributed by atoms with van der Waals surface area (Å²) in [5.41, 5.74) is 4.08. The molecule has 156 valence electrons. The molecule has 0 aliphatic carbocycles. The molecule has 30 heavy (non-hydrogen) atoms. The second kappa shape index (κ2) is 9.26. The number of nitrogens with zero attached hydrogens (tertiary/aromatic N) is 2. The zero-order valence-corrected chi connectivity index (χ0v) is 17.7. The van der Waals surface area contributed by atoms with E-state index in [1.54, 1.807) is 0 Å². The molecule has 7 heteroatoms. The molecule has 0 aromatic heterocycles. The summed E-state index contributed by atoms with van der Waals surface area (Å²) >= 11 is 5.40. The van der Waals surface area contributed by atoms with E-state index in [-0.39, 0.29) is 11.8 Å². The Morgan fingerprint density at radius 1 is 0.867 bits per heavy atom. The van der Waals surface area contributed by atoms with Gasteiger partial charge in [-0.15, -0.1) is 0 Å². The molecule has 2 aromatic rings. The number of hydrogen-bond donors (Lipinski definition) is 2. The van der Waals surface area contributed by atoms with E-state index in [0.29, 0.717) is 31.0 Å². The van der Waals surface area contributed by atoms with Crippen molar-refractivity contribution in [3.05, 3.63) is 59.7 Å². The predicted octanol–water partition coefficient (Wildman–Crippen LogP) is 3.42. The van der Waals surface area contributed by atoms with Gasteiger partial charge in [-0.3, -0.25) is 9.59 Å². The molecule has 0 atom stereocenters. The highest BCUT2D eigenvalue weighted by molar-refractivity contribution is 7.80. The molecule has 4 rings (SSSR count). The van der Waals surface area contributed by atoms with Crippen molar-refractivity contribution in [1.29, 1.82) is 0 Å². The van der Waals surface area contributed by atoms with Gasteiger partial charge in [-0.1, -0.05) is 24.3 Å². The molecule has 0 saturated carbocycles. The normalized spacial score (nSPS) is 16.3. The Balaban J connectivity index is 1.24. The van der Waals surface area contributed by atoms with Crippen molar-refractivity contribution < 1.29 is 9.59 Å². The number of thiocarbonyl (C=S) groups is 1. The summed E-state index contributed by atoms with van der Waals surface area (Å²) in [6, 6.07) is 16.0. The van der Waals surface area contributed by atoms with Crippen molar-refractivity contribution in [3.8, 4) is 0 Å². The predicted molar refractivity (Wildman–Crippen MR) is 122 cm³/mol. The van der Waals surface area contributed by atoms with Crippen LogP contribution in [0.4, 0.5) is 11.4 Å². The van der Waals surface area contributed by atoms with Crippen LogP contribution in [0.15, 0.2) is 48.5 Å². The number of carbonyl (C=O) groups excluding carboxylic acids is 2. The number of carbonyl (C=O) groups is 2. The summed E-state index contributed by atoms with van der Waals surface area (Å²) in [5, 5.41) is 6.94. The van der Waals surface area contributed by atoms with Crippen LogP contribution in [-0.2, 0) is 22.7 Å². The second-order valence-corrected chi connectivity index (χ2v) is 8.15. The highest BCUT2D eigenvalue weighted by Gasteiger charge is 2.21. The maximum atomic E-state index is 11.8. The maximum Gasteiger partial charge on any atom is 0.227 e. The molecule has 2 aliphatic heterocycles. The molecule has 2 heterocycles. The van der Waals surface area contributed by atoms with E-state index in [9.17, 15) is 9.59 Å². The van der Waals surface area contributed by atoms with Gasteiger partial charge in [0.05, 0.1) is 0 Å². The zero-order valence-electron chi connectivity index (χ0n) is 16.9. The highest BCUT2D eigenvalue weighted by atomic mass is 32.1. The van der Waals surface area contributed by atoms with Crippen molar-refractivity contribution in [2.45, 2.75) is 38.8 Å². The number of hydrogen-bond acceptors (Lipinski definition) is 3. The number of likely N-dealkylation sites (tertiary alicyclic amines) is 1. The van der Waals surface area contributed by atoms with Gasteiger partial charge in [0.15, 0.2) is 5.11 Å². The first kappa shape index (κ1) is 20.3. The number of nitrogens with one attached hydrogen (secondary N) is 2. The lowest BCUT2D eigenvalue weighted by Crippen LogP contribution is -2.28. The number of benzene rings is 2. The number of rotatable bonds is 6. The highest BCUT2D eigenvalue weighted by Crippen LogP contribution is 2.23. The van der Waals surface area contributed by atoms with E-state index < -0.39 is 0 Å². The van der Waals surface area contributed by atoms with Crippen LogP contribution >= 0.6 is 12.2 Å². The van der Waals surface area contributed by atoms with Crippen LogP contribution in [0.5, 0.6) is 0 Å². The minimum Gasteiger partial charge on any atom is -0.358 e. The first-order valence-corrected chi connectivity index (χ1v) is 10.8. The van der Waals surface area contributed by atoms with Gasteiger partial charge in [-0.25, -0.2) is 0 Å². The third-order valence-electron chi connectivity index (χ3n) is 5.53. The van der Waals surface area contributed by atoms with E-state index >= 15 is 0 Å². The minimum atomic E-state index is 0.186. The maximum absolute atomic E-state index is 11.8. The fourth-order valence-corrected chi connectivity index (χ4v) is 4.05. The van der Waals surface area contributed by atoms with Gasteiger partial charge in [0.2, 0.25) is 11.8 Å². The molecule has 2 aliphatic rings. The van der Waals surface area contributed by atoms with E-state index in [4.69, 9.17) is 12.2 Å².